The molecule has 1 N–H and O–H groups in total. The van der Waals surface area contributed by atoms with Crippen molar-refractivity contribution in [3.63, 3.8) is 0 Å². The first kappa shape index (κ1) is 24.3. The number of ether oxygens (including phenoxy) is 1. The molecule has 0 aliphatic heterocycles. The fourth-order valence-corrected chi connectivity index (χ4v) is 4.01. The van der Waals surface area contributed by atoms with Crippen LogP contribution in [0.4, 0.5) is 0 Å². The second-order valence-corrected chi connectivity index (χ2v) is 9.31. The number of pyridine rings is 2. The lowest BCUT2D eigenvalue weighted by molar-refractivity contribution is 0.0688. The maximum atomic E-state index is 13.5. The molecule has 4 aromatic rings. The molecule has 3 heterocycles. The summed E-state index contributed by atoms with van der Waals surface area (Å²) in [5.74, 6) is 0.919. The molecule has 0 aliphatic rings. The van der Waals surface area contributed by atoms with Gasteiger partial charge in [0.05, 0.1) is 22.6 Å². The molecule has 1 aromatic carbocycles. The zero-order chi connectivity index (χ0) is 25.3. The second kappa shape index (κ2) is 9.43. The molecule has 0 atom stereocenters. The molecule has 7 heteroatoms. The average Bonchev–Trinajstić information content (AvgIpc) is 2.83. The van der Waals surface area contributed by atoms with Crippen molar-refractivity contribution in [2.24, 2.45) is 0 Å². The Morgan fingerprint density at radius 2 is 1.69 bits per heavy atom. The molecular weight excluding hydrogens is 440 g/mol. The van der Waals surface area contributed by atoms with Crippen LogP contribution >= 0.6 is 0 Å². The van der Waals surface area contributed by atoms with Crippen LogP contribution in [0, 0.1) is 27.7 Å². The molecule has 3 aromatic heterocycles. The lowest BCUT2D eigenvalue weighted by atomic mass is 10.1. The predicted octanol–water partition coefficient (Wildman–Crippen LogP) is 4.73. The van der Waals surface area contributed by atoms with Crippen LogP contribution in [0.3, 0.4) is 0 Å². The zero-order valence-corrected chi connectivity index (χ0v) is 21.0. The maximum absolute atomic E-state index is 13.5. The molecule has 0 fully saturated rings. The summed E-state index contributed by atoms with van der Waals surface area (Å²) in [6.45, 7) is 11.4. The van der Waals surface area contributed by atoms with Crippen LogP contribution in [-0.4, -0.2) is 24.6 Å². The van der Waals surface area contributed by atoms with E-state index < -0.39 is 5.60 Å². The van der Waals surface area contributed by atoms with Gasteiger partial charge in [0.1, 0.15) is 18.0 Å². The number of aliphatic hydroxyl groups is 1. The van der Waals surface area contributed by atoms with Gasteiger partial charge in [-0.15, -0.1) is 0 Å². The number of hydrogen-bond donors (Lipinski definition) is 1. The first-order valence-corrected chi connectivity index (χ1v) is 11.5. The van der Waals surface area contributed by atoms with E-state index in [4.69, 9.17) is 4.74 Å². The Labute approximate surface area is 205 Å². The molecule has 180 valence electrons. The van der Waals surface area contributed by atoms with Crippen molar-refractivity contribution in [2.45, 2.75) is 53.8 Å². The van der Waals surface area contributed by atoms with E-state index in [1.807, 2.05) is 45.0 Å². The maximum Gasteiger partial charge on any atom is 0.261 e. The van der Waals surface area contributed by atoms with Gasteiger partial charge in [0.15, 0.2) is 5.82 Å². The molecule has 0 radical (unpaired) electrons. The fourth-order valence-electron chi connectivity index (χ4n) is 4.01. The van der Waals surface area contributed by atoms with E-state index >= 15 is 0 Å². The van der Waals surface area contributed by atoms with Crippen molar-refractivity contribution in [3.05, 3.63) is 99.0 Å². The molecule has 0 unspecified atom stereocenters. The third-order valence-electron chi connectivity index (χ3n) is 6.02. The number of rotatable bonds is 6. The third kappa shape index (κ3) is 5.00. The highest BCUT2D eigenvalue weighted by atomic mass is 16.5. The fraction of sp³-hybridized carbons (Fsp3) is 0.286. The molecule has 0 amide bonds. The van der Waals surface area contributed by atoms with Gasteiger partial charge in [0, 0.05) is 23.7 Å². The van der Waals surface area contributed by atoms with Crippen molar-refractivity contribution in [1.82, 2.24) is 19.5 Å². The number of hydrogen-bond acceptors (Lipinski definition) is 6. The molecule has 35 heavy (non-hydrogen) atoms. The highest BCUT2D eigenvalue weighted by molar-refractivity contribution is 5.58. The molecule has 0 aliphatic carbocycles. The Bertz CT molecular complexity index is 1450. The van der Waals surface area contributed by atoms with Crippen molar-refractivity contribution in [1.29, 1.82) is 0 Å². The highest BCUT2D eigenvalue weighted by Crippen LogP contribution is 2.27. The van der Waals surface area contributed by atoms with Gasteiger partial charge in [-0.3, -0.25) is 14.3 Å². The van der Waals surface area contributed by atoms with Gasteiger partial charge < -0.3 is 9.84 Å². The van der Waals surface area contributed by atoms with Gasteiger partial charge in [-0.2, -0.15) is 0 Å². The van der Waals surface area contributed by atoms with Gasteiger partial charge in [-0.1, -0.05) is 29.8 Å². The van der Waals surface area contributed by atoms with E-state index in [0.29, 0.717) is 40.8 Å². The number of nitrogens with zero attached hydrogens (tertiary/aromatic N) is 4. The Balaban J connectivity index is 1.73. The summed E-state index contributed by atoms with van der Waals surface area (Å²) >= 11 is 0. The molecule has 0 spiro atoms. The first-order valence-electron chi connectivity index (χ1n) is 11.5. The van der Waals surface area contributed by atoms with Gasteiger partial charge >= 0.3 is 0 Å². The topological polar surface area (TPSA) is 90.1 Å². The smallest absolute Gasteiger partial charge is 0.261 e. The van der Waals surface area contributed by atoms with E-state index in [9.17, 15) is 9.90 Å². The van der Waals surface area contributed by atoms with Crippen LogP contribution in [0.2, 0.25) is 0 Å². The van der Waals surface area contributed by atoms with Crippen LogP contribution in [0.15, 0.2) is 59.7 Å². The minimum absolute atomic E-state index is 0.149. The second-order valence-electron chi connectivity index (χ2n) is 9.31. The van der Waals surface area contributed by atoms with E-state index in [2.05, 4.69) is 21.0 Å². The monoisotopic (exact) mass is 470 g/mol. The van der Waals surface area contributed by atoms with Gasteiger partial charge in [0.2, 0.25) is 0 Å². The first-order chi connectivity index (χ1) is 16.6. The summed E-state index contributed by atoms with van der Waals surface area (Å²) in [7, 11) is 0. The van der Waals surface area contributed by atoms with Crippen LogP contribution in [0.5, 0.6) is 5.75 Å². The summed E-state index contributed by atoms with van der Waals surface area (Å²) in [4.78, 5) is 26.5. The number of aromatic nitrogens is 4. The molecule has 4 rings (SSSR count). The summed E-state index contributed by atoms with van der Waals surface area (Å²) in [6, 6.07) is 13.5. The van der Waals surface area contributed by atoms with E-state index in [-0.39, 0.29) is 5.56 Å². The Morgan fingerprint density at radius 1 is 0.943 bits per heavy atom. The van der Waals surface area contributed by atoms with Gasteiger partial charge in [-0.25, -0.2) is 9.97 Å². The Morgan fingerprint density at radius 3 is 2.40 bits per heavy atom. The molecule has 0 saturated heterocycles. The predicted molar refractivity (Wildman–Crippen MR) is 136 cm³/mol. The van der Waals surface area contributed by atoms with Crippen LogP contribution in [-0.2, 0) is 12.2 Å². The van der Waals surface area contributed by atoms with Crippen molar-refractivity contribution in [2.75, 3.05) is 0 Å². The van der Waals surface area contributed by atoms with Crippen LogP contribution < -0.4 is 10.3 Å². The van der Waals surface area contributed by atoms with E-state index in [1.165, 1.54) is 0 Å². The lowest BCUT2D eigenvalue weighted by Crippen LogP contribution is -2.25. The Hall–Kier alpha value is -3.84. The van der Waals surface area contributed by atoms with Crippen molar-refractivity contribution < 1.29 is 9.84 Å². The Kier molecular flexibility index (Phi) is 6.54. The zero-order valence-electron chi connectivity index (χ0n) is 21.0. The van der Waals surface area contributed by atoms with Crippen LogP contribution in [0.1, 0.15) is 47.6 Å². The SMILES string of the molecule is Cc1cccc(COc2c(C)c(C)n(-c3ccnc(-c4ccnc(C(C)(C)O)n4)c3)c(=O)c2C)c1. The highest BCUT2D eigenvalue weighted by Gasteiger charge is 2.21. The molecule has 0 saturated carbocycles. The molecular formula is C28H30N4O3. The minimum Gasteiger partial charge on any atom is -0.488 e. The van der Waals surface area contributed by atoms with Gasteiger partial charge in [0.25, 0.3) is 5.56 Å². The number of aryl methyl sites for hydroxylation is 1. The quantitative estimate of drug-likeness (QED) is 0.438. The van der Waals surface area contributed by atoms with Crippen molar-refractivity contribution in [3.8, 4) is 22.8 Å². The number of benzene rings is 1. The standard InChI is InChI=1S/C28H30N4O3/c1-17-8-7-9-21(14-17)16-35-25-18(2)20(4)32(26(33)19(25)3)22-10-12-29-24(15-22)23-11-13-30-27(31-23)28(5,6)34/h7-15,34H,16H2,1-6H3. The van der Waals surface area contributed by atoms with E-state index in [1.54, 1.807) is 49.9 Å². The minimum atomic E-state index is -1.18. The normalized spacial score (nSPS) is 11.5. The van der Waals surface area contributed by atoms with Gasteiger partial charge in [-0.05, 0) is 65.3 Å². The largest absolute Gasteiger partial charge is 0.488 e. The van der Waals surface area contributed by atoms with Crippen LogP contribution in [0.25, 0.3) is 17.1 Å². The summed E-state index contributed by atoms with van der Waals surface area (Å²) in [5, 5.41) is 10.3. The summed E-state index contributed by atoms with van der Waals surface area (Å²) in [5.41, 5.74) is 4.96. The summed E-state index contributed by atoms with van der Waals surface area (Å²) in [6.07, 6.45) is 3.24. The molecule has 7 nitrogen and oxygen atoms in total. The lowest BCUT2D eigenvalue weighted by Gasteiger charge is -2.19. The van der Waals surface area contributed by atoms with E-state index in [0.717, 1.165) is 22.4 Å². The summed E-state index contributed by atoms with van der Waals surface area (Å²) < 4.78 is 7.81. The third-order valence-corrected chi connectivity index (χ3v) is 6.02. The average molecular weight is 471 g/mol. The molecule has 0 bridgehead atoms. The van der Waals surface area contributed by atoms with Crippen molar-refractivity contribution >= 4 is 0 Å².